The molecule has 0 radical (unpaired) electrons. The van der Waals surface area contributed by atoms with Gasteiger partial charge < -0.3 is 4.57 Å². The van der Waals surface area contributed by atoms with Gasteiger partial charge in [0.25, 0.3) is 0 Å². The van der Waals surface area contributed by atoms with Crippen molar-refractivity contribution in [1.29, 1.82) is 0 Å². The minimum atomic E-state index is 1.17. The van der Waals surface area contributed by atoms with Crippen molar-refractivity contribution in [2.45, 2.75) is 6.92 Å². The number of benzene rings is 6. The predicted octanol–water partition coefficient (Wildman–Crippen LogP) is 10.1. The first-order valence-electron chi connectivity index (χ1n) is 13.1. The molecule has 1 aromatic heterocycles. The average Bonchev–Trinajstić information content (AvgIpc) is 3.32. The highest BCUT2D eigenvalue weighted by Crippen LogP contribution is 2.36. The van der Waals surface area contributed by atoms with Crippen LogP contribution in [0.1, 0.15) is 5.56 Å². The minimum absolute atomic E-state index is 1.17. The molecule has 0 bridgehead atoms. The maximum absolute atomic E-state index is 2.38. The van der Waals surface area contributed by atoms with Crippen LogP contribution in [-0.2, 0) is 0 Å². The van der Waals surface area contributed by atoms with Gasteiger partial charge in [0.2, 0.25) is 0 Å². The minimum Gasteiger partial charge on any atom is -0.309 e. The van der Waals surface area contributed by atoms with Gasteiger partial charge in [-0.1, -0.05) is 115 Å². The molecule has 0 unspecified atom stereocenters. The Balaban J connectivity index is 1.34. The molecule has 0 aliphatic rings. The number of hydrogen-bond acceptors (Lipinski definition) is 0. The molecule has 0 amide bonds. The van der Waals surface area contributed by atoms with Crippen molar-refractivity contribution in [2.75, 3.05) is 0 Å². The summed E-state index contributed by atoms with van der Waals surface area (Å²) in [6, 6.07) is 52.7. The zero-order valence-electron chi connectivity index (χ0n) is 21.3. The summed E-state index contributed by atoms with van der Waals surface area (Å²) in [7, 11) is 0. The number of rotatable bonds is 4. The Kier molecular flexibility index (Phi) is 5.41. The van der Waals surface area contributed by atoms with E-state index in [9.17, 15) is 0 Å². The third kappa shape index (κ3) is 3.90. The fourth-order valence-electron chi connectivity index (χ4n) is 5.49. The number of aromatic nitrogens is 1. The average molecular weight is 486 g/mol. The van der Waals surface area contributed by atoms with E-state index >= 15 is 0 Å². The van der Waals surface area contributed by atoms with Crippen LogP contribution in [0.2, 0.25) is 0 Å². The molecule has 0 N–H and O–H groups in total. The molecule has 7 aromatic rings. The number of fused-ring (bicyclic) bond motifs is 3. The summed E-state index contributed by atoms with van der Waals surface area (Å²) < 4.78 is 2.38. The van der Waals surface area contributed by atoms with E-state index in [2.05, 4.69) is 157 Å². The van der Waals surface area contributed by atoms with Crippen molar-refractivity contribution in [3.8, 4) is 39.1 Å². The first-order valence-corrected chi connectivity index (χ1v) is 13.1. The van der Waals surface area contributed by atoms with Gasteiger partial charge in [0.15, 0.2) is 0 Å². The van der Waals surface area contributed by atoms with Crippen LogP contribution in [0.15, 0.2) is 146 Å². The molecule has 1 heterocycles. The standard InChI is InChI=1S/C37H27N/c1-26-14-16-29(17-15-26)30-10-7-11-31(24-30)32-20-23-37-35(25-32)34-12-5-6-13-36(34)38(37)33-21-18-28(19-22-33)27-8-3-2-4-9-27/h2-25H,1H3. The summed E-state index contributed by atoms with van der Waals surface area (Å²) in [6.45, 7) is 2.13. The molecular weight excluding hydrogens is 458 g/mol. The molecule has 0 aliphatic carbocycles. The van der Waals surface area contributed by atoms with Crippen molar-refractivity contribution in [3.05, 3.63) is 151 Å². The van der Waals surface area contributed by atoms with Crippen LogP contribution in [0.25, 0.3) is 60.9 Å². The topological polar surface area (TPSA) is 4.93 Å². The van der Waals surface area contributed by atoms with Gasteiger partial charge in [-0.25, -0.2) is 0 Å². The second-order valence-electron chi connectivity index (χ2n) is 9.94. The first-order chi connectivity index (χ1) is 18.7. The van der Waals surface area contributed by atoms with E-state index in [1.165, 1.54) is 66.4 Å². The molecule has 38 heavy (non-hydrogen) atoms. The third-order valence-corrected chi connectivity index (χ3v) is 7.49. The molecule has 0 atom stereocenters. The van der Waals surface area contributed by atoms with Crippen LogP contribution >= 0.6 is 0 Å². The molecule has 6 aromatic carbocycles. The van der Waals surface area contributed by atoms with Crippen LogP contribution in [0, 0.1) is 6.92 Å². The van der Waals surface area contributed by atoms with Crippen molar-refractivity contribution >= 4 is 21.8 Å². The van der Waals surface area contributed by atoms with Gasteiger partial charge in [0.05, 0.1) is 11.0 Å². The molecular formula is C37H27N. The summed E-state index contributed by atoms with van der Waals surface area (Å²) in [6.07, 6.45) is 0. The Hall–Kier alpha value is -4.88. The van der Waals surface area contributed by atoms with Crippen LogP contribution < -0.4 is 0 Å². The highest BCUT2D eigenvalue weighted by molar-refractivity contribution is 6.10. The van der Waals surface area contributed by atoms with Crippen LogP contribution in [0.4, 0.5) is 0 Å². The molecule has 1 nitrogen and oxygen atoms in total. The molecule has 7 rings (SSSR count). The normalized spacial score (nSPS) is 11.3. The Labute approximate surface area is 223 Å². The van der Waals surface area contributed by atoms with Gasteiger partial charge in [-0.15, -0.1) is 0 Å². The second kappa shape index (κ2) is 9.21. The quantitative estimate of drug-likeness (QED) is 0.234. The van der Waals surface area contributed by atoms with Crippen LogP contribution in [0.5, 0.6) is 0 Å². The molecule has 0 aliphatic heterocycles. The van der Waals surface area contributed by atoms with Gasteiger partial charge in [-0.05, 0) is 76.7 Å². The van der Waals surface area contributed by atoms with E-state index in [0.29, 0.717) is 0 Å². The van der Waals surface area contributed by atoms with Gasteiger partial charge in [-0.3, -0.25) is 0 Å². The molecule has 1 heteroatoms. The zero-order valence-corrected chi connectivity index (χ0v) is 21.3. The lowest BCUT2D eigenvalue weighted by Gasteiger charge is -2.10. The van der Waals surface area contributed by atoms with E-state index in [0.717, 1.165) is 0 Å². The van der Waals surface area contributed by atoms with Gasteiger partial charge in [0, 0.05) is 16.5 Å². The predicted molar refractivity (Wildman–Crippen MR) is 162 cm³/mol. The summed E-state index contributed by atoms with van der Waals surface area (Å²) in [5.74, 6) is 0. The Morgan fingerprint density at radius 3 is 1.68 bits per heavy atom. The Morgan fingerprint density at radius 2 is 0.895 bits per heavy atom. The van der Waals surface area contributed by atoms with Gasteiger partial charge in [0.1, 0.15) is 0 Å². The smallest absolute Gasteiger partial charge is 0.0541 e. The lowest BCUT2D eigenvalue weighted by Crippen LogP contribution is -1.93. The largest absolute Gasteiger partial charge is 0.309 e. The monoisotopic (exact) mass is 485 g/mol. The highest BCUT2D eigenvalue weighted by atomic mass is 15.0. The Bertz CT molecular complexity index is 1890. The summed E-state index contributed by atoms with van der Waals surface area (Å²) in [5.41, 5.74) is 12.3. The van der Waals surface area contributed by atoms with Crippen LogP contribution in [-0.4, -0.2) is 4.57 Å². The van der Waals surface area contributed by atoms with E-state index in [1.54, 1.807) is 0 Å². The fraction of sp³-hybridized carbons (Fsp3) is 0.0270. The van der Waals surface area contributed by atoms with E-state index in [1.807, 2.05) is 0 Å². The molecule has 180 valence electrons. The molecule has 0 saturated carbocycles. The third-order valence-electron chi connectivity index (χ3n) is 7.49. The Morgan fingerprint density at radius 1 is 0.368 bits per heavy atom. The summed E-state index contributed by atoms with van der Waals surface area (Å²) in [5, 5.41) is 2.54. The maximum atomic E-state index is 2.38. The van der Waals surface area contributed by atoms with E-state index < -0.39 is 0 Å². The zero-order chi connectivity index (χ0) is 25.5. The van der Waals surface area contributed by atoms with Crippen molar-refractivity contribution < 1.29 is 0 Å². The molecule has 0 spiro atoms. The number of para-hydroxylation sites is 1. The van der Waals surface area contributed by atoms with Crippen LogP contribution in [0.3, 0.4) is 0 Å². The fourth-order valence-corrected chi connectivity index (χ4v) is 5.49. The second-order valence-corrected chi connectivity index (χ2v) is 9.94. The summed E-state index contributed by atoms with van der Waals surface area (Å²) >= 11 is 0. The van der Waals surface area contributed by atoms with Crippen molar-refractivity contribution in [3.63, 3.8) is 0 Å². The van der Waals surface area contributed by atoms with Crippen molar-refractivity contribution in [1.82, 2.24) is 4.57 Å². The maximum Gasteiger partial charge on any atom is 0.0541 e. The SMILES string of the molecule is Cc1ccc(-c2cccc(-c3ccc4c(c3)c3ccccc3n4-c3ccc(-c4ccccc4)cc3)c2)cc1. The van der Waals surface area contributed by atoms with Gasteiger partial charge in [-0.2, -0.15) is 0 Å². The number of nitrogens with zero attached hydrogens (tertiary/aromatic N) is 1. The number of aryl methyl sites for hydroxylation is 1. The molecule has 0 fully saturated rings. The summed E-state index contributed by atoms with van der Waals surface area (Å²) in [4.78, 5) is 0. The lowest BCUT2D eigenvalue weighted by atomic mass is 9.97. The van der Waals surface area contributed by atoms with Crippen molar-refractivity contribution in [2.24, 2.45) is 0 Å². The lowest BCUT2D eigenvalue weighted by molar-refractivity contribution is 1.18. The first kappa shape index (κ1) is 22.3. The molecule has 0 saturated heterocycles. The van der Waals surface area contributed by atoms with E-state index in [4.69, 9.17) is 0 Å². The van der Waals surface area contributed by atoms with Gasteiger partial charge >= 0.3 is 0 Å². The van der Waals surface area contributed by atoms with E-state index in [-0.39, 0.29) is 0 Å². The number of hydrogen-bond donors (Lipinski definition) is 0. The highest BCUT2D eigenvalue weighted by Gasteiger charge is 2.13.